The molecule has 0 aliphatic carbocycles. The lowest BCUT2D eigenvalue weighted by Gasteiger charge is -2.10. The van der Waals surface area contributed by atoms with Crippen LogP contribution in [0.4, 0.5) is 20.4 Å². The van der Waals surface area contributed by atoms with Gasteiger partial charge in [-0.15, -0.1) is 0 Å². The van der Waals surface area contributed by atoms with Gasteiger partial charge in [0.15, 0.2) is 0 Å². The number of sulfonamides is 1. The number of benzene rings is 2. The third kappa shape index (κ3) is 4.03. The minimum Gasteiger partial charge on any atom is -0.324 e. The smallest absolute Gasteiger partial charge is 0.238 e. The van der Waals surface area contributed by atoms with Gasteiger partial charge in [0.05, 0.1) is 10.4 Å². The van der Waals surface area contributed by atoms with Gasteiger partial charge in [0.1, 0.15) is 5.82 Å². The molecule has 3 N–H and O–H groups in total. The molecule has 7 nitrogen and oxygen atoms in total. The van der Waals surface area contributed by atoms with Crippen LogP contribution in [0.3, 0.4) is 0 Å². The normalized spacial score (nSPS) is 11.6. The number of halogens is 2. The third-order valence-electron chi connectivity index (χ3n) is 4.13. The second-order valence-corrected chi connectivity index (χ2v) is 7.71. The first-order valence-electron chi connectivity index (χ1n) is 8.28. The lowest BCUT2D eigenvalue weighted by atomic mass is 10.0. The Bertz CT molecular complexity index is 1310. The summed E-state index contributed by atoms with van der Waals surface area (Å²) in [7, 11) is -3.79. The van der Waals surface area contributed by atoms with Crippen molar-refractivity contribution >= 4 is 32.6 Å². The number of hydrogen-bond donors (Lipinski definition) is 2. The quantitative estimate of drug-likeness (QED) is 0.497. The number of aromatic nitrogens is 3. The maximum atomic E-state index is 14.0. The van der Waals surface area contributed by atoms with Gasteiger partial charge in [-0.2, -0.15) is 4.39 Å². The molecular weight excluding hydrogens is 400 g/mol. The van der Waals surface area contributed by atoms with Crippen molar-refractivity contribution < 1.29 is 17.2 Å². The average Bonchev–Trinajstić information content (AvgIpc) is 2.68. The second-order valence-electron chi connectivity index (χ2n) is 6.15. The highest BCUT2D eigenvalue weighted by Gasteiger charge is 2.12. The van der Waals surface area contributed by atoms with Crippen LogP contribution in [0.1, 0.15) is 0 Å². The van der Waals surface area contributed by atoms with Crippen LogP contribution in [-0.2, 0) is 10.0 Å². The molecule has 0 fully saturated rings. The Hall–Kier alpha value is -3.50. The van der Waals surface area contributed by atoms with Crippen LogP contribution in [0.15, 0.2) is 65.8 Å². The largest absolute Gasteiger partial charge is 0.324 e. The first-order valence-corrected chi connectivity index (χ1v) is 9.82. The van der Waals surface area contributed by atoms with Crippen LogP contribution in [0, 0.1) is 11.8 Å². The molecule has 0 atom stereocenters. The van der Waals surface area contributed by atoms with Crippen LogP contribution in [-0.4, -0.2) is 23.4 Å². The van der Waals surface area contributed by atoms with Gasteiger partial charge in [-0.3, -0.25) is 0 Å². The van der Waals surface area contributed by atoms with Crippen molar-refractivity contribution in [2.75, 3.05) is 5.32 Å². The molecular formula is C19H13F2N5O2S. The van der Waals surface area contributed by atoms with E-state index in [1.54, 1.807) is 0 Å². The van der Waals surface area contributed by atoms with E-state index in [0.29, 0.717) is 27.7 Å². The predicted molar refractivity (Wildman–Crippen MR) is 104 cm³/mol. The minimum absolute atomic E-state index is 0.0240. The van der Waals surface area contributed by atoms with Gasteiger partial charge in [-0.05, 0) is 48.5 Å². The molecule has 0 amide bonds. The van der Waals surface area contributed by atoms with Gasteiger partial charge in [-0.25, -0.2) is 32.9 Å². The molecule has 2 aromatic heterocycles. The van der Waals surface area contributed by atoms with Crippen LogP contribution < -0.4 is 10.5 Å². The second kappa shape index (κ2) is 7.15. The Morgan fingerprint density at radius 3 is 2.34 bits per heavy atom. The van der Waals surface area contributed by atoms with Crippen molar-refractivity contribution in [3.8, 4) is 11.1 Å². The Morgan fingerprint density at radius 2 is 1.69 bits per heavy atom. The fourth-order valence-electron chi connectivity index (χ4n) is 2.78. The van der Waals surface area contributed by atoms with E-state index in [1.807, 2.05) is 0 Å². The number of hydrogen-bond acceptors (Lipinski definition) is 6. The number of anilines is 2. The molecule has 0 aliphatic heterocycles. The highest BCUT2D eigenvalue weighted by molar-refractivity contribution is 7.89. The van der Waals surface area contributed by atoms with Crippen LogP contribution in [0.5, 0.6) is 0 Å². The van der Waals surface area contributed by atoms with Gasteiger partial charge in [0.25, 0.3) is 0 Å². The van der Waals surface area contributed by atoms with E-state index >= 15 is 0 Å². The zero-order chi connectivity index (χ0) is 20.6. The maximum absolute atomic E-state index is 14.0. The number of primary sulfonamides is 1. The third-order valence-corrected chi connectivity index (χ3v) is 5.05. The molecule has 146 valence electrons. The Balaban J connectivity index is 1.74. The Morgan fingerprint density at radius 1 is 0.931 bits per heavy atom. The molecule has 0 spiro atoms. The van der Waals surface area contributed by atoms with Gasteiger partial charge >= 0.3 is 0 Å². The van der Waals surface area contributed by atoms with E-state index in [-0.39, 0.29) is 10.8 Å². The van der Waals surface area contributed by atoms with E-state index in [9.17, 15) is 17.2 Å². The molecule has 2 aromatic carbocycles. The molecule has 29 heavy (non-hydrogen) atoms. The zero-order valence-corrected chi connectivity index (χ0v) is 15.5. The predicted octanol–water partition coefficient (Wildman–Crippen LogP) is 3.36. The Labute approximate surface area is 164 Å². The molecule has 0 aliphatic rings. The van der Waals surface area contributed by atoms with E-state index < -0.39 is 21.8 Å². The SMILES string of the molecule is NS(=O)(=O)c1ccc(Nc2ncc3cc(F)cc(-c4ccc(F)nc4)c3n2)cc1. The summed E-state index contributed by atoms with van der Waals surface area (Å²) in [4.78, 5) is 12.2. The van der Waals surface area contributed by atoms with E-state index in [2.05, 4.69) is 20.3 Å². The van der Waals surface area contributed by atoms with Gasteiger partial charge in [0.2, 0.25) is 21.9 Å². The summed E-state index contributed by atoms with van der Waals surface area (Å²) in [6.07, 6.45) is 2.75. The summed E-state index contributed by atoms with van der Waals surface area (Å²) in [6.45, 7) is 0. The molecule has 0 unspecified atom stereocenters. The summed E-state index contributed by atoms with van der Waals surface area (Å²) in [6, 6.07) is 11.0. The molecule has 2 heterocycles. The van der Waals surface area contributed by atoms with Gasteiger partial charge in [-0.1, -0.05) is 0 Å². The fourth-order valence-corrected chi connectivity index (χ4v) is 3.30. The molecule has 0 bridgehead atoms. The molecule has 4 aromatic rings. The highest BCUT2D eigenvalue weighted by atomic mass is 32.2. The molecule has 0 saturated carbocycles. The van der Waals surface area contributed by atoms with Crippen molar-refractivity contribution in [3.05, 3.63) is 72.7 Å². The zero-order valence-electron chi connectivity index (χ0n) is 14.7. The number of nitrogens with two attached hydrogens (primary N) is 1. The van der Waals surface area contributed by atoms with Crippen molar-refractivity contribution in [3.63, 3.8) is 0 Å². The van der Waals surface area contributed by atoms with Crippen LogP contribution in [0.25, 0.3) is 22.0 Å². The first-order chi connectivity index (χ1) is 13.8. The summed E-state index contributed by atoms with van der Waals surface area (Å²) < 4.78 is 49.8. The summed E-state index contributed by atoms with van der Waals surface area (Å²) >= 11 is 0. The molecule has 4 rings (SSSR count). The summed E-state index contributed by atoms with van der Waals surface area (Å²) in [5.74, 6) is -0.919. The van der Waals surface area contributed by atoms with E-state index in [1.165, 1.54) is 60.9 Å². The number of pyridine rings is 1. The van der Waals surface area contributed by atoms with Crippen molar-refractivity contribution in [2.45, 2.75) is 4.90 Å². The molecule has 0 radical (unpaired) electrons. The van der Waals surface area contributed by atoms with Crippen LogP contribution >= 0.6 is 0 Å². The Kier molecular flexibility index (Phi) is 4.65. The molecule has 0 saturated heterocycles. The van der Waals surface area contributed by atoms with Gasteiger partial charge < -0.3 is 5.32 Å². The minimum atomic E-state index is -3.79. The number of fused-ring (bicyclic) bond motifs is 1. The number of rotatable bonds is 4. The number of nitrogens with one attached hydrogen (secondary N) is 1. The van der Waals surface area contributed by atoms with Crippen LogP contribution in [0.2, 0.25) is 0 Å². The summed E-state index contributed by atoms with van der Waals surface area (Å²) in [5.41, 5.74) is 1.91. The molecule has 10 heteroatoms. The van der Waals surface area contributed by atoms with Gasteiger partial charge in [0, 0.05) is 34.6 Å². The van der Waals surface area contributed by atoms with Crippen molar-refractivity contribution in [1.29, 1.82) is 0 Å². The number of nitrogens with zero attached hydrogens (tertiary/aromatic N) is 3. The van der Waals surface area contributed by atoms with Crippen molar-refractivity contribution in [1.82, 2.24) is 15.0 Å². The van der Waals surface area contributed by atoms with Crippen molar-refractivity contribution in [2.24, 2.45) is 5.14 Å². The average molecular weight is 413 g/mol. The van der Waals surface area contributed by atoms with E-state index in [0.717, 1.165) is 0 Å². The fraction of sp³-hybridized carbons (Fsp3) is 0. The standard InChI is InChI=1S/C19H13F2N5O2S/c20-13-7-12-10-24-19(25-14-2-4-15(5-3-14)29(22,27)28)26-18(12)16(8-13)11-1-6-17(21)23-9-11/h1-10H,(H2,22,27,28)(H,24,25,26). The first kappa shape index (κ1) is 18.8. The maximum Gasteiger partial charge on any atom is 0.238 e. The lowest BCUT2D eigenvalue weighted by Crippen LogP contribution is -2.11. The summed E-state index contributed by atoms with van der Waals surface area (Å²) in [5, 5.41) is 8.49. The van der Waals surface area contributed by atoms with E-state index in [4.69, 9.17) is 5.14 Å². The monoisotopic (exact) mass is 413 g/mol. The topological polar surface area (TPSA) is 111 Å². The lowest BCUT2D eigenvalue weighted by molar-refractivity contribution is 0.584. The highest BCUT2D eigenvalue weighted by Crippen LogP contribution is 2.29.